The molecular formula is C12H18FN3S. The minimum absolute atomic E-state index is 0.200. The van der Waals surface area contributed by atoms with E-state index in [1.54, 1.807) is 6.07 Å². The summed E-state index contributed by atoms with van der Waals surface area (Å²) in [6.45, 7) is 4.89. The molecule has 0 bridgehead atoms. The Hall–Kier alpha value is -0.810. The maximum absolute atomic E-state index is 12.4. The zero-order valence-electron chi connectivity index (χ0n) is 10.2. The van der Waals surface area contributed by atoms with Crippen LogP contribution < -0.4 is 11.1 Å². The zero-order chi connectivity index (χ0) is 12.5. The van der Waals surface area contributed by atoms with Gasteiger partial charge in [-0.2, -0.15) is 3.89 Å². The van der Waals surface area contributed by atoms with Gasteiger partial charge in [-0.15, -0.1) is 0 Å². The average Bonchev–Trinajstić information content (AvgIpc) is 2.27. The van der Waals surface area contributed by atoms with E-state index in [0.29, 0.717) is 22.9 Å². The Labute approximate surface area is 106 Å². The summed E-state index contributed by atoms with van der Waals surface area (Å²) < 4.78 is 12.4. The van der Waals surface area contributed by atoms with E-state index in [4.69, 9.17) is 5.73 Å². The van der Waals surface area contributed by atoms with E-state index in [0.717, 1.165) is 24.2 Å². The highest BCUT2D eigenvalue weighted by Gasteiger charge is 2.36. The molecule has 94 valence electrons. The fraction of sp³-hybridized carbons (Fsp3) is 0.583. The molecule has 1 aromatic heterocycles. The van der Waals surface area contributed by atoms with Gasteiger partial charge in [0.05, 0.1) is 17.0 Å². The molecule has 0 radical (unpaired) electrons. The molecule has 1 aliphatic carbocycles. The lowest BCUT2D eigenvalue weighted by molar-refractivity contribution is 0.167. The fourth-order valence-corrected chi connectivity index (χ4v) is 2.67. The maximum Gasteiger partial charge on any atom is 0.130 e. The molecule has 1 saturated carbocycles. The van der Waals surface area contributed by atoms with E-state index < -0.39 is 0 Å². The van der Waals surface area contributed by atoms with E-state index in [2.05, 4.69) is 24.1 Å². The Morgan fingerprint density at radius 1 is 1.59 bits per heavy atom. The summed E-state index contributed by atoms with van der Waals surface area (Å²) in [4.78, 5) is 4.74. The van der Waals surface area contributed by atoms with Gasteiger partial charge in [-0.3, -0.25) is 0 Å². The van der Waals surface area contributed by atoms with Gasteiger partial charge < -0.3 is 11.1 Å². The number of nitrogens with zero attached hydrogens (tertiary/aromatic N) is 1. The third-order valence-corrected chi connectivity index (χ3v) is 3.59. The SMILES string of the molecule is CC1(C)CC(Nc2ncc(SF)cc2CN)C1. The summed E-state index contributed by atoms with van der Waals surface area (Å²) in [5.41, 5.74) is 6.95. The molecule has 0 saturated heterocycles. The molecule has 0 amide bonds. The molecule has 0 unspecified atom stereocenters. The van der Waals surface area contributed by atoms with Gasteiger partial charge in [-0.1, -0.05) is 13.8 Å². The molecule has 5 heteroatoms. The summed E-state index contributed by atoms with van der Waals surface area (Å²) in [6.07, 6.45) is 3.81. The van der Waals surface area contributed by atoms with Crippen molar-refractivity contribution in [3.63, 3.8) is 0 Å². The van der Waals surface area contributed by atoms with Crippen LogP contribution in [0.4, 0.5) is 9.70 Å². The summed E-state index contributed by atoms with van der Waals surface area (Å²) >= 11 is 0.200. The second-order valence-electron chi connectivity index (χ2n) is 5.37. The van der Waals surface area contributed by atoms with Crippen LogP contribution in [-0.2, 0) is 6.54 Å². The summed E-state index contributed by atoms with van der Waals surface area (Å²) in [7, 11) is 0. The van der Waals surface area contributed by atoms with Gasteiger partial charge in [-0.05, 0) is 24.3 Å². The highest BCUT2D eigenvalue weighted by Crippen LogP contribution is 2.41. The van der Waals surface area contributed by atoms with Gasteiger partial charge >= 0.3 is 0 Å². The Bertz CT molecular complexity index is 401. The van der Waals surface area contributed by atoms with E-state index in [1.165, 1.54) is 6.20 Å². The Morgan fingerprint density at radius 2 is 2.29 bits per heavy atom. The Balaban J connectivity index is 2.06. The molecule has 1 aliphatic rings. The normalized spacial score (nSPS) is 18.8. The van der Waals surface area contributed by atoms with Crippen molar-refractivity contribution in [2.45, 2.75) is 44.2 Å². The smallest absolute Gasteiger partial charge is 0.130 e. The molecule has 0 spiro atoms. The largest absolute Gasteiger partial charge is 0.367 e. The van der Waals surface area contributed by atoms with Crippen molar-refractivity contribution in [3.8, 4) is 0 Å². The van der Waals surface area contributed by atoms with Crippen LogP contribution in [0.15, 0.2) is 17.2 Å². The second kappa shape index (κ2) is 4.82. The first-order valence-electron chi connectivity index (χ1n) is 5.78. The minimum Gasteiger partial charge on any atom is -0.367 e. The Kier molecular flexibility index (Phi) is 3.58. The van der Waals surface area contributed by atoms with E-state index in [9.17, 15) is 3.89 Å². The van der Waals surface area contributed by atoms with Crippen LogP contribution in [0.25, 0.3) is 0 Å². The topological polar surface area (TPSA) is 50.9 Å². The van der Waals surface area contributed by atoms with Crippen molar-refractivity contribution < 1.29 is 3.89 Å². The minimum atomic E-state index is 0.200. The Morgan fingerprint density at radius 3 is 2.82 bits per heavy atom. The maximum atomic E-state index is 12.4. The summed E-state index contributed by atoms with van der Waals surface area (Å²) in [5, 5.41) is 3.38. The number of nitrogens with one attached hydrogen (secondary N) is 1. The van der Waals surface area contributed by atoms with Crippen molar-refractivity contribution in [1.29, 1.82) is 0 Å². The van der Waals surface area contributed by atoms with Crippen LogP contribution in [0.2, 0.25) is 0 Å². The van der Waals surface area contributed by atoms with E-state index >= 15 is 0 Å². The predicted octanol–water partition coefficient (Wildman–Crippen LogP) is 3.12. The van der Waals surface area contributed by atoms with Gasteiger partial charge in [0, 0.05) is 24.3 Å². The lowest BCUT2D eigenvalue weighted by atomic mass is 9.68. The summed E-state index contributed by atoms with van der Waals surface area (Å²) in [5.74, 6) is 0.797. The first kappa shape index (κ1) is 12.6. The standard InChI is InChI=1S/C12H18FN3S/c1-12(2)4-9(5-12)16-11-8(6-14)3-10(17-13)7-15-11/h3,7,9H,4-6,14H2,1-2H3,(H,15,16). The van der Waals surface area contributed by atoms with Gasteiger partial charge in [0.15, 0.2) is 0 Å². The quantitative estimate of drug-likeness (QED) is 0.868. The number of hydrogen-bond donors (Lipinski definition) is 2. The monoisotopic (exact) mass is 255 g/mol. The second-order valence-corrected chi connectivity index (χ2v) is 6.00. The van der Waals surface area contributed by atoms with Crippen LogP contribution in [-0.4, -0.2) is 11.0 Å². The molecule has 1 aromatic rings. The third-order valence-electron chi connectivity index (χ3n) is 3.19. The molecule has 1 fully saturated rings. The molecule has 3 N–H and O–H groups in total. The van der Waals surface area contributed by atoms with Crippen molar-refractivity contribution in [2.75, 3.05) is 5.32 Å². The van der Waals surface area contributed by atoms with Gasteiger partial charge in [0.2, 0.25) is 0 Å². The number of pyridine rings is 1. The number of nitrogens with two attached hydrogens (primary N) is 1. The first-order valence-corrected chi connectivity index (χ1v) is 6.50. The highest BCUT2D eigenvalue weighted by molar-refractivity contribution is 7.94. The van der Waals surface area contributed by atoms with Gasteiger partial charge in [-0.25, -0.2) is 4.98 Å². The average molecular weight is 255 g/mol. The number of rotatable bonds is 4. The van der Waals surface area contributed by atoms with E-state index in [-0.39, 0.29) is 12.1 Å². The number of anilines is 1. The number of aromatic nitrogens is 1. The van der Waals surface area contributed by atoms with Crippen LogP contribution in [0.5, 0.6) is 0 Å². The molecule has 3 nitrogen and oxygen atoms in total. The molecule has 1 heterocycles. The number of halogens is 1. The van der Waals surface area contributed by atoms with E-state index in [1.807, 2.05) is 0 Å². The third kappa shape index (κ3) is 2.90. The van der Waals surface area contributed by atoms with Gasteiger partial charge in [0.1, 0.15) is 5.82 Å². The van der Waals surface area contributed by atoms with Crippen LogP contribution >= 0.6 is 12.1 Å². The molecular weight excluding hydrogens is 237 g/mol. The lowest BCUT2D eigenvalue weighted by Gasteiger charge is -2.43. The fourth-order valence-electron chi connectivity index (χ4n) is 2.39. The van der Waals surface area contributed by atoms with Crippen molar-refractivity contribution in [3.05, 3.63) is 17.8 Å². The van der Waals surface area contributed by atoms with Crippen molar-refractivity contribution in [1.82, 2.24) is 4.98 Å². The molecule has 0 atom stereocenters. The van der Waals surface area contributed by atoms with Crippen LogP contribution in [0.3, 0.4) is 0 Å². The molecule has 0 aliphatic heterocycles. The first-order chi connectivity index (χ1) is 8.04. The van der Waals surface area contributed by atoms with Crippen LogP contribution in [0.1, 0.15) is 32.3 Å². The van der Waals surface area contributed by atoms with Gasteiger partial charge in [0.25, 0.3) is 0 Å². The molecule has 2 rings (SSSR count). The molecule has 17 heavy (non-hydrogen) atoms. The summed E-state index contributed by atoms with van der Waals surface area (Å²) in [6, 6.07) is 2.22. The predicted molar refractivity (Wildman–Crippen MR) is 69.5 cm³/mol. The molecule has 0 aromatic carbocycles. The van der Waals surface area contributed by atoms with Crippen molar-refractivity contribution >= 4 is 18.0 Å². The highest BCUT2D eigenvalue weighted by atomic mass is 32.2. The lowest BCUT2D eigenvalue weighted by Crippen LogP contribution is -2.41. The van der Waals surface area contributed by atoms with Crippen molar-refractivity contribution in [2.24, 2.45) is 11.1 Å². The zero-order valence-corrected chi connectivity index (χ0v) is 11.0. The number of hydrogen-bond acceptors (Lipinski definition) is 4. The van der Waals surface area contributed by atoms with Crippen LogP contribution in [0, 0.1) is 5.41 Å².